The van der Waals surface area contributed by atoms with Crippen LogP contribution in [0.15, 0.2) is 18.3 Å². The molecule has 1 N–H and O–H groups in total. The quantitative estimate of drug-likeness (QED) is 0.869. The number of fused-ring (bicyclic) bond motifs is 1. The summed E-state index contributed by atoms with van der Waals surface area (Å²) in [6, 6.07) is 4.37. The Morgan fingerprint density at radius 2 is 2.10 bits per heavy atom. The predicted octanol–water partition coefficient (Wildman–Crippen LogP) is 3.21. The molecule has 1 aromatic heterocycles. The maximum atomic E-state index is 12.7. The van der Waals surface area contributed by atoms with Gasteiger partial charge in [-0.15, -0.1) is 0 Å². The van der Waals surface area contributed by atoms with Gasteiger partial charge in [-0.2, -0.15) is 0 Å². The molecular formula is C17H22N2O. The molecule has 2 heterocycles. The molecule has 1 aliphatic rings. The van der Waals surface area contributed by atoms with E-state index in [1.54, 1.807) is 0 Å². The van der Waals surface area contributed by atoms with E-state index in [-0.39, 0.29) is 11.8 Å². The number of carbonyl (C=O) groups excluding carboxylic acids is 1. The Balaban J connectivity index is 2.15. The van der Waals surface area contributed by atoms with E-state index in [2.05, 4.69) is 42.8 Å². The molecule has 0 saturated carbocycles. The Hall–Kier alpha value is -1.61. The smallest absolute Gasteiger partial charge is 0.181 e. The van der Waals surface area contributed by atoms with E-state index in [0.29, 0.717) is 0 Å². The molecule has 1 aliphatic heterocycles. The molecular weight excluding hydrogens is 248 g/mol. The number of aromatic nitrogens is 1. The molecule has 0 unspecified atom stereocenters. The van der Waals surface area contributed by atoms with Crippen LogP contribution in [0.2, 0.25) is 0 Å². The fourth-order valence-electron chi connectivity index (χ4n) is 3.10. The van der Waals surface area contributed by atoms with Crippen LogP contribution in [0.5, 0.6) is 0 Å². The average molecular weight is 270 g/mol. The van der Waals surface area contributed by atoms with E-state index in [0.717, 1.165) is 36.9 Å². The summed E-state index contributed by atoms with van der Waals surface area (Å²) in [5.41, 5.74) is 4.59. The molecule has 3 nitrogen and oxygen atoms in total. The maximum Gasteiger partial charge on any atom is 0.181 e. The molecule has 20 heavy (non-hydrogen) atoms. The highest BCUT2D eigenvalue weighted by molar-refractivity contribution is 6.10. The third kappa shape index (κ3) is 2.06. The second kappa shape index (κ2) is 5.06. The summed E-state index contributed by atoms with van der Waals surface area (Å²) >= 11 is 0. The maximum absolute atomic E-state index is 12.7. The zero-order valence-corrected chi connectivity index (χ0v) is 12.5. The lowest BCUT2D eigenvalue weighted by molar-refractivity contribution is 0.0954. The van der Waals surface area contributed by atoms with Gasteiger partial charge in [0, 0.05) is 29.2 Å². The minimum absolute atomic E-state index is 0.00696. The van der Waals surface area contributed by atoms with E-state index >= 15 is 0 Å². The molecule has 1 fully saturated rings. The Kier molecular flexibility index (Phi) is 3.38. The van der Waals surface area contributed by atoms with Crippen LogP contribution in [0.25, 0.3) is 10.9 Å². The van der Waals surface area contributed by atoms with Crippen LogP contribution >= 0.6 is 0 Å². The van der Waals surface area contributed by atoms with Gasteiger partial charge < -0.3 is 9.88 Å². The molecule has 1 atom stereocenters. The van der Waals surface area contributed by atoms with Gasteiger partial charge in [0.15, 0.2) is 5.78 Å². The predicted molar refractivity (Wildman–Crippen MR) is 82.4 cm³/mol. The third-order valence-electron chi connectivity index (χ3n) is 4.48. The number of nitrogens with one attached hydrogen (secondary N) is 1. The lowest BCUT2D eigenvalue weighted by Crippen LogP contribution is -2.30. The van der Waals surface area contributed by atoms with Gasteiger partial charge in [0.2, 0.25) is 0 Å². The minimum Gasteiger partial charge on any atom is -0.347 e. The van der Waals surface area contributed by atoms with Gasteiger partial charge in [-0.05, 0) is 63.4 Å². The molecule has 0 spiro atoms. The SMILES string of the molecule is CCn1cc(C(=O)[C@@H]2CCCN2)c2cc(C)c(C)cc21. The van der Waals surface area contributed by atoms with E-state index in [9.17, 15) is 4.79 Å². The van der Waals surface area contributed by atoms with Crippen molar-refractivity contribution in [3.63, 3.8) is 0 Å². The number of hydrogen-bond donors (Lipinski definition) is 1. The van der Waals surface area contributed by atoms with Gasteiger partial charge in [-0.3, -0.25) is 4.79 Å². The standard InChI is InChI=1S/C17H22N2O/c1-4-19-10-14(17(20)15-6-5-7-18-15)13-8-11(2)12(3)9-16(13)19/h8-10,15,18H,4-7H2,1-3H3/t15-/m0/s1. The Labute approximate surface area is 120 Å². The van der Waals surface area contributed by atoms with Crippen molar-refractivity contribution in [1.82, 2.24) is 9.88 Å². The normalized spacial score (nSPS) is 18.9. The molecule has 0 amide bonds. The van der Waals surface area contributed by atoms with Crippen molar-refractivity contribution >= 4 is 16.7 Å². The number of carbonyl (C=O) groups is 1. The largest absolute Gasteiger partial charge is 0.347 e. The van der Waals surface area contributed by atoms with Crippen molar-refractivity contribution in [3.05, 3.63) is 35.0 Å². The van der Waals surface area contributed by atoms with Gasteiger partial charge >= 0.3 is 0 Å². The van der Waals surface area contributed by atoms with Gasteiger partial charge in [-0.25, -0.2) is 0 Å². The van der Waals surface area contributed by atoms with E-state index < -0.39 is 0 Å². The molecule has 0 radical (unpaired) electrons. The van der Waals surface area contributed by atoms with Crippen molar-refractivity contribution in [3.8, 4) is 0 Å². The van der Waals surface area contributed by atoms with Crippen LogP contribution in [0.1, 0.15) is 41.3 Å². The van der Waals surface area contributed by atoms with Crippen LogP contribution in [-0.4, -0.2) is 22.9 Å². The van der Waals surface area contributed by atoms with Gasteiger partial charge in [0.1, 0.15) is 0 Å². The first-order chi connectivity index (χ1) is 9.61. The number of Topliss-reactive ketones (excluding diaryl/α,β-unsaturated/α-hetero) is 1. The number of hydrogen-bond acceptors (Lipinski definition) is 2. The van der Waals surface area contributed by atoms with Crippen molar-refractivity contribution in [2.75, 3.05) is 6.54 Å². The summed E-state index contributed by atoms with van der Waals surface area (Å²) in [6.07, 6.45) is 4.09. The van der Waals surface area contributed by atoms with E-state index in [1.165, 1.54) is 16.6 Å². The molecule has 2 aromatic rings. The Morgan fingerprint density at radius 3 is 2.75 bits per heavy atom. The summed E-state index contributed by atoms with van der Waals surface area (Å²) in [5, 5.41) is 4.42. The van der Waals surface area contributed by atoms with E-state index in [4.69, 9.17) is 0 Å². The highest BCUT2D eigenvalue weighted by atomic mass is 16.1. The summed E-state index contributed by atoms with van der Waals surface area (Å²) in [5.74, 6) is 0.253. The highest BCUT2D eigenvalue weighted by Crippen LogP contribution is 2.27. The van der Waals surface area contributed by atoms with Gasteiger partial charge in [0.25, 0.3) is 0 Å². The summed E-state index contributed by atoms with van der Waals surface area (Å²) in [7, 11) is 0. The lowest BCUT2D eigenvalue weighted by atomic mass is 9.99. The highest BCUT2D eigenvalue weighted by Gasteiger charge is 2.26. The van der Waals surface area contributed by atoms with Crippen molar-refractivity contribution in [2.45, 2.75) is 46.2 Å². The molecule has 3 heteroatoms. The molecule has 106 valence electrons. The number of rotatable bonds is 3. The topological polar surface area (TPSA) is 34.0 Å². The molecule has 1 aromatic carbocycles. The summed E-state index contributed by atoms with van der Waals surface area (Å²) < 4.78 is 2.18. The number of ketones is 1. The van der Waals surface area contributed by atoms with E-state index in [1.807, 2.05) is 6.20 Å². The molecule has 0 bridgehead atoms. The van der Waals surface area contributed by atoms with Crippen molar-refractivity contribution < 1.29 is 4.79 Å². The first-order valence-corrected chi connectivity index (χ1v) is 7.49. The number of benzene rings is 1. The number of aryl methyl sites for hydroxylation is 3. The fraction of sp³-hybridized carbons (Fsp3) is 0.471. The second-order valence-corrected chi connectivity index (χ2v) is 5.80. The van der Waals surface area contributed by atoms with Crippen molar-refractivity contribution in [2.24, 2.45) is 0 Å². The third-order valence-corrected chi connectivity index (χ3v) is 4.48. The van der Waals surface area contributed by atoms with Crippen LogP contribution in [0.3, 0.4) is 0 Å². The summed E-state index contributed by atoms with van der Waals surface area (Å²) in [4.78, 5) is 12.7. The second-order valence-electron chi connectivity index (χ2n) is 5.80. The van der Waals surface area contributed by atoms with Crippen LogP contribution in [0.4, 0.5) is 0 Å². The Bertz CT molecular complexity index is 663. The van der Waals surface area contributed by atoms with Gasteiger partial charge in [0.05, 0.1) is 6.04 Å². The number of nitrogens with zero attached hydrogens (tertiary/aromatic N) is 1. The van der Waals surface area contributed by atoms with Gasteiger partial charge in [-0.1, -0.05) is 0 Å². The first-order valence-electron chi connectivity index (χ1n) is 7.49. The Morgan fingerprint density at radius 1 is 1.35 bits per heavy atom. The lowest BCUT2D eigenvalue weighted by Gasteiger charge is -2.08. The molecule has 1 saturated heterocycles. The van der Waals surface area contributed by atoms with Crippen LogP contribution in [0, 0.1) is 13.8 Å². The van der Waals surface area contributed by atoms with Crippen molar-refractivity contribution in [1.29, 1.82) is 0 Å². The monoisotopic (exact) mass is 270 g/mol. The zero-order chi connectivity index (χ0) is 14.3. The fourth-order valence-corrected chi connectivity index (χ4v) is 3.10. The molecule has 3 rings (SSSR count). The summed E-state index contributed by atoms with van der Waals surface area (Å²) in [6.45, 7) is 8.21. The average Bonchev–Trinajstić information content (AvgIpc) is 3.06. The molecule has 0 aliphatic carbocycles. The van der Waals surface area contributed by atoms with Crippen LogP contribution in [-0.2, 0) is 6.54 Å². The van der Waals surface area contributed by atoms with Crippen LogP contribution < -0.4 is 5.32 Å². The first kappa shape index (κ1) is 13.4. The zero-order valence-electron chi connectivity index (χ0n) is 12.5. The minimum atomic E-state index is 0.00696.